The maximum atomic E-state index is 13.0. The van der Waals surface area contributed by atoms with Crippen LogP contribution in [-0.2, 0) is 16.0 Å². The fourth-order valence-corrected chi connectivity index (χ4v) is 4.33. The number of rotatable bonds is 1. The number of sulfone groups is 1. The fraction of sp³-hybridized carbons (Fsp3) is 0.0625. The van der Waals surface area contributed by atoms with Gasteiger partial charge in [-0.15, -0.1) is 0 Å². The molecule has 132 valence electrons. The van der Waals surface area contributed by atoms with Crippen molar-refractivity contribution in [2.45, 2.75) is 16.0 Å². The van der Waals surface area contributed by atoms with Crippen molar-refractivity contribution in [2.24, 2.45) is 4.99 Å². The van der Waals surface area contributed by atoms with Crippen LogP contribution in [0.4, 0.5) is 13.2 Å². The Kier molecular flexibility index (Phi) is 3.84. The van der Waals surface area contributed by atoms with Gasteiger partial charge in [-0.05, 0) is 24.3 Å². The Morgan fingerprint density at radius 1 is 1.08 bits per heavy atom. The molecule has 1 aliphatic heterocycles. The number of aliphatic imine (C=N–C) groups is 1. The second kappa shape index (κ2) is 5.67. The summed E-state index contributed by atoms with van der Waals surface area (Å²) in [6.45, 7) is 0. The summed E-state index contributed by atoms with van der Waals surface area (Å²) in [4.78, 5) is 13.4. The lowest BCUT2D eigenvalue weighted by atomic mass is 9.98. The number of hydrogen-bond donors (Lipinski definition) is 1. The van der Waals surface area contributed by atoms with E-state index < -0.39 is 37.3 Å². The Morgan fingerprint density at radius 2 is 1.65 bits per heavy atom. The largest absolute Gasteiger partial charge is 0.478 e. The first-order chi connectivity index (χ1) is 12.1. The number of benzene rings is 2. The number of alkyl halides is 3. The molecule has 1 N–H and O–H groups in total. The number of fused-ring (bicyclic) bond motifs is 2. The third-order valence-electron chi connectivity index (χ3n) is 3.79. The highest BCUT2D eigenvalue weighted by Crippen LogP contribution is 2.39. The molecule has 2 aromatic rings. The molecule has 2 aromatic carbocycles. The third-order valence-corrected chi connectivity index (χ3v) is 5.62. The zero-order valence-corrected chi connectivity index (χ0v) is 13.4. The lowest BCUT2D eigenvalue weighted by Gasteiger charge is -2.22. The zero-order chi connectivity index (χ0) is 19.3. The predicted octanol–water partition coefficient (Wildman–Crippen LogP) is 2.87. The van der Waals surface area contributed by atoms with Crippen molar-refractivity contribution < 1.29 is 31.5 Å². The number of halogens is 3. The van der Waals surface area contributed by atoms with E-state index in [1.54, 1.807) is 0 Å². The van der Waals surface area contributed by atoms with E-state index in [0.717, 1.165) is 24.3 Å². The molecule has 1 aliphatic rings. The normalized spacial score (nSPS) is 16.5. The number of nitriles is 1. The SMILES string of the molecule is N#CN=C1c2ccc(C(=O)O)cc2S(=O)(=O)c2cc(C(F)(F)F)ccc21. The second-order valence-electron chi connectivity index (χ2n) is 5.29. The van der Waals surface area contributed by atoms with Crippen LogP contribution in [0, 0.1) is 11.5 Å². The van der Waals surface area contributed by atoms with Gasteiger partial charge in [-0.25, -0.2) is 13.2 Å². The van der Waals surface area contributed by atoms with Crippen molar-refractivity contribution in [3.8, 4) is 6.19 Å². The summed E-state index contributed by atoms with van der Waals surface area (Å²) in [5.41, 5.74) is -1.90. The van der Waals surface area contributed by atoms with E-state index >= 15 is 0 Å². The number of carboxylic acids is 1. The zero-order valence-electron chi connectivity index (χ0n) is 12.6. The lowest BCUT2D eigenvalue weighted by molar-refractivity contribution is -0.137. The van der Waals surface area contributed by atoms with E-state index in [1.807, 2.05) is 0 Å². The molecule has 0 atom stereocenters. The van der Waals surface area contributed by atoms with E-state index in [-0.39, 0.29) is 22.4 Å². The second-order valence-corrected chi connectivity index (χ2v) is 7.18. The van der Waals surface area contributed by atoms with Crippen LogP contribution >= 0.6 is 0 Å². The molecular formula is C16H7F3N2O4S. The van der Waals surface area contributed by atoms with Gasteiger partial charge in [-0.3, -0.25) is 0 Å². The molecule has 0 fully saturated rings. The molecule has 0 aliphatic carbocycles. The number of aromatic carboxylic acids is 1. The molecule has 0 bridgehead atoms. The average Bonchev–Trinajstić information content (AvgIpc) is 2.57. The van der Waals surface area contributed by atoms with Crippen LogP contribution in [0.2, 0.25) is 0 Å². The van der Waals surface area contributed by atoms with Crippen LogP contribution in [0.1, 0.15) is 27.0 Å². The van der Waals surface area contributed by atoms with Crippen LogP contribution in [-0.4, -0.2) is 25.2 Å². The summed E-state index contributed by atoms with van der Waals surface area (Å²) in [5, 5.41) is 17.9. The third kappa shape index (κ3) is 2.62. The minimum atomic E-state index is -4.78. The van der Waals surface area contributed by atoms with Crippen LogP contribution in [0.5, 0.6) is 0 Å². The number of nitrogens with zero attached hydrogens (tertiary/aromatic N) is 2. The highest BCUT2D eigenvalue weighted by atomic mass is 32.2. The first-order valence-electron chi connectivity index (χ1n) is 6.88. The van der Waals surface area contributed by atoms with Crippen molar-refractivity contribution in [2.75, 3.05) is 0 Å². The van der Waals surface area contributed by atoms with E-state index in [2.05, 4.69) is 4.99 Å². The van der Waals surface area contributed by atoms with Crippen molar-refractivity contribution >= 4 is 21.5 Å². The molecule has 0 radical (unpaired) electrons. The molecule has 10 heteroatoms. The van der Waals surface area contributed by atoms with E-state index in [9.17, 15) is 26.4 Å². The van der Waals surface area contributed by atoms with Crippen LogP contribution in [0.3, 0.4) is 0 Å². The Morgan fingerprint density at radius 3 is 2.19 bits per heavy atom. The number of carboxylic acid groups (broad SMARTS) is 1. The molecule has 0 unspecified atom stereocenters. The molecular weight excluding hydrogens is 373 g/mol. The summed E-state index contributed by atoms with van der Waals surface area (Å²) in [6, 6.07) is 5.20. The van der Waals surface area contributed by atoms with Gasteiger partial charge in [0.15, 0.2) is 0 Å². The van der Waals surface area contributed by atoms with Crippen molar-refractivity contribution in [3.05, 3.63) is 58.7 Å². The van der Waals surface area contributed by atoms with Gasteiger partial charge in [0.25, 0.3) is 0 Å². The van der Waals surface area contributed by atoms with Gasteiger partial charge in [-0.2, -0.15) is 23.4 Å². The Bertz CT molecular complexity index is 1130. The molecule has 0 aromatic heterocycles. The van der Waals surface area contributed by atoms with Gasteiger partial charge in [0.1, 0.15) is 0 Å². The summed E-state index contributed by atoms with van der Waals surface area (Å²) in [6.07, 6.45) is -3.29. The highest BCUT2D eigenvalue weighted by Gasteiger charge is 2.38. The molecule has 0 saturated heterocycles. The van der Waals surface area contributed by atoms with Gasteiger partial charge in [0.05, 0.1) is 26.6 Å². The smallest absolute Gasteiger partial charge is 0.416 e. The van der Waals surface area contributed by atoms with Crippen LogP contribution in [0.25, 0.3) is 0 Å². The molecule has 3 rings (SSSR count). The van der Waals surface area contributed by atoms with Crippen molar-refractivity contribution in [1.29, 1.82) is 5.26 Å². The molecule has 6 nitrogen and oxygen atoms in total. The molecule has 0 amide bonds. The van der Waals surface area contributed by atoms with Gasteiger partial charge in [-0.1, -0.05) is 12.1 Å². The Balaban J connectivity index is 2.40. The minimum absolute atomic E-state index is 0.0520. The molecule has 0 saturated carbocycles. The quantitative estimate of drug-likeness (QED) is 0.653. The van der Waals surface area contributed by atoms with Crippen LogP contribution < -0.4 is 0 Å². The van der Waals surface area contributed by atoms with Gasteiger partial charge in [0.2, 0.25) is 16.0 Å². The first kappa shape index (κ1) is 17.6. The lowest BCUT2D eigenvalue weighted by Crippen LogP contribution is -2.22. The minimum Gasteiger partial charge on any atom is -0.478 e. The van der Waals surface area contributed by atoms with Gasteiger partial charge < -0.3 is 5.11 Å². The van der Waals surface area contributed by atoms with Crippen LogP contribution in [0.15, 0.2) is 51.2 Å². The monoisotopic (exact) mass is 380 g/mol. The molecule has 26 heavy (non-hydrogen) atoms. The van der Waals surface area contributed by atoms with Crippen molar-refractivity contribution in [1.82, 2.24) is 0 Å². The summed E-state index contributed by atoms with van der Waals surface area (Å²) < 4.78 is 64.5. The topological polar surface area (TPSA) is 108 Å². The fourth-order valence-electron chi connectivity index (χ4n) is 2.62. The number of hydrogen-bond acceptors (Lipinski definition) is 5. The van der Waals surface area contributed by atoms with E-state index in [1.165, 1.54) is 6.19 Å². The van der Waals surface area contributed by atoms with Gasteiger partial charge in [0, 0.05) is 11.1 Å². The predicted molar refractivity (Wildman–Crippen MR) is 81.5 cm³/mol. The Labute approximate surface area is 144 Å². The summed E-state index contributed by atoms with van der Waals surface area (Å²) in [5.74, 6) is -1.41. The van der Waals surface area contributed by atoms with E-state index in [4.69, 9.17) is 10.4 Å². The first-order valence-corrected chi connectivity index (χ1v) is 8.37. The highest BCUT2D eigenvalue weighted by molar-refractivity contribution is 7.91. The number of carbonyl (C=O) groups is 1. The summed E-state index contributed by atoms with van der Waals surface area (Å²) >= 11 is 0. The van der Waals surface area contributed by atoms with Crippen molar-refractivity contribution in [3.63, 3.8) is 0 Å². The molecule has 0 spiro atoms. The standard InChI is InChI=1S/C16H7F3N2O4S/c17-16(18,19)9-2-4-11-13(6-9)26(24,25)12-5-8(15(22)23)1-3-10(12)14(11)21-7-20/h1-6H,(H,22,23). The Hall–Kier alpha value is -3.19. The maximum absolute atomic E-state index is 13.0. The molecule has 1 heterocycles. The van der Waals surface area contributed by atoms with E-state index in [0.29, 0.717) is 12.1 Å². The maximum Gasteiger partial charge on any atom is 0.416 e. The average molecular weight is 380 g/mol. The van der Waals surface area contributed by atoms with Gasteiger partial charge >= 0.3 is 12.1 Å². The summed E-state index contributed by atoms with van der Waals surface area (Å²) in [7, 11) is -4.44.